The van der Waals surface area contributed by atoms with Crippen LogP contribution >= 0.6 is 0 Å². The van der Waals surface area contributed by atoms with E-state index in [0.717, 1.165) is 29.9 Å². The second kappa shape index (κ2) is 4.92. The minimum atomic E-state index is -1.82. The monoisotopic (exact) mass is 290 g/mol. The molecule has 1 aromatic heterocycles. The van der Waals surface area contributed by atoms with Crippen molar-refractivity contribution in [2.24, 2.45) is 0 Å². The first-order valence-electron chi connectivity index (χ1n) is 7.25. The topological polar surface area (TPSA) is 34.9 Å². The zero-order chi connectivity index (χ0) is 14.3. The summed E-state index contributed by atoms with van der Waals surface area (Å²) in [6.45, 7) is 4.42. The minimum Gasteiger partial charge on any atom is -0.327 e. The average Bonchev–Trinajstić information content (AvgIpc) is 2.81. The summed E-state index contributed by atoms with van der Waals surface area (Å²) in [5.74, 6) is 5.84. The largest absolute Gasteiger partial charge is 0.327 e. The van der Waals surface area contributed by atoms with Crippen molar-refractivity contribution in [1.29, 1.82) is 0 Å². The van der Waals surface area contributed by atoms with Crippen LogP contribution in [0.15, 0.2) is 24.5 Å². The van der Waals surface area contributed by atoms with Crippen LogP contribution in [-0.4, -0.2) is 31.1 Å². The van der Waals surface area contributed by atoms with E-state index in [2.05, 4.69) is 47.5 Å². The highest BCUT2D eigenvalue weighted by Gasteiger charge is 2.22. The van der Waals surface area contributed by atoms with Crippen molar-refractivity contribution in [3.8, 4) is 0 Å². The van der Waals surface area contributed by atoms with Crippen LogP contribution < -0.4 is 0 Å². The van der Waals surface area contributed by atoms with Crippen LogP contribution in [0.4, 0.5) is 0 Å². The van der Waals surface area contributed by atoms with E-state index in [0.29, 0.717) is 12.0 Å². The second-order valence-electron chi connectivity index (χ2n) is 6.16. The van der Waals surface area contributed by atoms with Gasteiger partial charge >= 0.3 is 0 Å². The number of rotatable bonds is 2. The molecule has 1 aliphatic heterocycles. The molecule has 108 valence electrons. The van der Waals surface area contributed by atoms with E-state index in [-0.39, 0.29) is 0 Å². The van der Waals surface area contributed by atoms with E-state index in [1.807, 2.05) is 6.33 Å². The molecule has 20 heavy (non-hydrogen) atoms. The number of aromatic nitrogens is 2. The van der Waals surface area contributed by atoms with Crippen molar-refractivity contribution in [1.82, 2.24) is 9.55 Å². The van der Waals surface area contributed by atoms with E-state index in [1.54, 1.807) is 0 Å². The van der Waals surface area contributed by atoms with Gasteiger partial charge in [-0.1, -0.05) is 19.9 Å². The molecule has 1 fully saturated rings. The van der Waals surface area contributed by atoms with Gasteiger partial charge < -0.3 is 4.57 Å². The minimum absolute atomic E-state index is 0.415. The van der Waals surface area contributed by atoms with Crippen LogP contribution in [0.3, 0.4) is 0 Å². The van der Waals surface area contributed by atoms with Crippen LogP contribution in [0.25, 0.3) is 11.0 Å². The van der Waals surface area contributed by atoms with Crippen molar-refractivity contribution >= 4 is 26.4 Å². The van der Waals surface area contributed by atoms with Gasteiger partial charge in [0.25, 0.3) is 0 Å². The highest BCUT2D eigenvalue weighted by atomic mass is 32.2. The molecule has 3 nitrogen and oxygen atoms in total. The molecule has 0 spiro atoms. The Labute approximate surface area is 121 Å². The first-order chi connectivity index (χ1) is 9.46. The molecule has 4 heteroatoms. The fraction of sp³-hybridized carbons (Fsp3) is 0.500. The van der Waals surface area contributed by atoms with Gasteiger partial charge in [-0.2, -0.15) is 0 Å². The Balaban J connectivity index is 1.97. The zero-order valence-electron chi connectivity index (χ0n) is 12.2. The van der Waals surface area contributed by atoms with E-state index >= 15 is 0 Å². The highest BCUT2D eigenvalue weighted by Crippen LogP contribution is 2.29. The Kier molecular flexibility index (Phi) is 3.36. The molecule has 0 unspecified atom stereocenters. The Bertz CT molecular complexity index is 714. The van der Waals surface area contributed by atoms with Crippen molar-refractivity contribution < 1.29 is 4.21 Å². The van der Waals surface area contributed by atoms with Gasteiger partial charge in [0.15, 0.2) is 0 Å². The van der Waals surface area contributed by atoms with Crippen LogP contribution in [-0.2, 0) is 9.52 Å². The van der Waals surface area contributed by atoms with E-state index in [1.165, 1.54) is 11.1 Å². The second-order valence-corrected chi connectivity index (χ2v) is 8.91. The normalized spacial score (nSPS) is 27.2. The number of benzene rings is 1. The predicted molar refractivity (Wildman–Crippen MR) is 87.1 cm³/mol. The number of fused-ring (bicyclic) bond motifs is 1. The van der Waals surface area contributed by atoms with Gasteiger partial charge in [0.1, 0.15) is 0 Å². The lowest BCUT2D eigenvalue weighted by Gasteiger charge is -2.26. The third kappa shape index (κ3) is 2.49. The van der Waals surface area contributed by atoms with Crippen molar-refractivity contribution in [3.63, 3.8) is 0 Å². The maximum atomic E-state index is 12.0. The average molecular weight is 290 g/mol. The number of hydrogen-bond donors (Lipinski definition) is 0. The van der Waals surface area contributed by atoms with Gasteiger partial charge in [0.2, 0.25) is 0 Å². The van der Waals surface area contributed by atoms with Crippen molar-refractivity contribution in [2.45, 2.75) is 38.6 Å². The fourth-order valence-electron chi connectivity index (χ4n) is 2.92. The maximum absolute atomic E-state index is 12.0. The molecule has 2 heterocycles. The summed E-state index contributed by atoms with van der Waals surface area (Å²) in [7, 11) is -1.82. The number of nitrogens with zero attached hydrogens (tertiary/aromatic N) is 2. The number of imidazole rings is 1. The molecule has 3 rings (SSSR count). The summed E-state index contributed by atoms with van der Waals surface area (Å²) in [6.07, 6.45) is 3.83. The van der Waals surface area contributed by atoms with Crippen LogP contribution in [0, 0.1) is 0 Å². The van der Waals surface area contributed by atoms with E-state index in [9.17, 15) is 4.21 Å². The molecule has 1 aliphatic rings. The van der Waals surface area contributed by atoms with E-state index in [4.69, 9.17) is 0 Å². The number of hydrogen-bond acceptors (Lipinski definition) is 2. The zero-order valence-corrected chi connectivity index (χ0v) is 13.0. The lowest BCUT2D eigenvalue weighted by Crippen LogP contribution is -2.25. The van der Waals surface area contributed by atoms with Gasteiger partial charge in [0, 0.05) is 17.5 Å². The Morgan fingerprint density at radius 1 is 1.35 bits per heavy atom. The summed E-state index contributed by atoms with van der Waals surface area (Å²) >= 11 is 0. The summed E-state index contributed by atoms with van der Waals surface area (Å²) in [5, 5.41) is 0. The standard InChI is InChI=1S/C16H22N2OS/c1-12(2)13-4-5-15-16(10-13)18(11-17-15)14-6-8-20(3,19)9-7-14/h4-5,10-12,14H,3,6-9H2,1-2H3. The highest BCUT2D eigenvalue weighted by molar-refractivity contribution is 8.00. The molecule has 0 atom stereocenters. The Hall–Kier alpha value is -1.29. The van der Waals surface area contributed by atoms with Gasteiger partial charge in [-0.3, -0.25) is 4.21 Å². The SMILES string of the molecule is C=S1(=O)CCC(n2cnc3ccc(C(C)C)cc32)CC1. The molecule has 2 aromatic rings. The first-order valence-corrected chi connectivity index (χ1v) is 9.32. The quantitative estimate of drug-likeness (QED) is 0.796. The third-order valence-corrected chi connectivity index (χ3v) is 6.26. The summed E-state index contributed by atoms with van der Waals surface area (Å²) in [5.41, 5.74) is 3.60. The molecular weight excluding hydrogens is 268 g/mol. The lowest BCUT2D eigenvalue weighted by molar-refractivity contribution is 0.472. The smallest absolute Gasteiger partial charge is 0.0960 e. The molecule has 0 saturated carbocycles. The van der Waals surface area contributed by atoms with Crippen molar-refractivity contribution in [3.05, 3.63) is 30.1 Å². The molecule has 0 bridgehead atoms. The van der Waals surface area contributed by atoms with Gasteiger partial charge in [-0.05, 0) is 51.8 Å². The van der Waals surface area contributed by atoms with Gasteiger partial charge in [-0.25, -0.2) is 4.98 Å². The fourth-order valence-corrected chi connectivity index (χ4v) is 4.53. The van der Waals surface area contributed by atoms with Crippen LogP contribution in [0.2, 0.25) is 0 Å². The van der Waals surface area contributed by atoms with E-state index < -0.39 is 9.52 Å². The Morgan fingerprint density at radius 3 is 2.70 bits per heavy atom. The van der Waals surface area contributed by atoms with Gasteiger partial charge in [0.05, 0.1) is 17.4 Å². The first kappa shape index (κ1) is 13.7. The predicted octanol–water partition coefficient (Wildman–Crippen LogP) is 3.21. The van der Waals surface area contributed by atoms with Crippen molar-refractivity contribution in [2.75, 3.05) is 11.5 Å². The molecule has 0 radical (unpaired) electrons. The van der Waals surface area contributed by atoms with Gasteiger partial charge in [-0.15, -0.1) is 0 Å². The Morgan fingerprint density at radius 2 is 2.05 bits per heavy atom. The summed E-state index contributed by atoms with van der Waals surface area (Å²) < 4.78 is 14.3. The summed E-state index contributed by atoms with van der Waals surface area (Å²) in [4.78, 5) is 4.51. The van der Waals surface area contributed by atoms with Crippen LogP contribution in [0.1, 0.15) is 44.2 Å². The molecular formula is C16H22N2OS. The molecule has 1 saturated heterocycles. The maximum Gasteiger partial charge on any atom is 0.0960 e. The summed E-state index contributed by atoms with van der Waals surface area (Å²) in [6, 6.07) is 6.93. The third-order valence-electron chi connectivity index (χ3n) is 4.31. The molecule has 1 aromatic carbocycles. The molecule has 0 amide bonds. The molecule has 0 N–H and O–H groups in total. The molecule has 0 aliphatic carbocycles. The van der Waals surface area contributed by atoms with Crippen LogP contribution in [0.5, 0.6) is 0 Å². The lowest BCUT2D eigenvalue weighted by atomic mass is 10.0.